The molecule has 0 spiro atoms. The summed E-state index contributed by atoms with van der Waals surface area (Å²) in [5.74, 6) is 2.47. The Balaban J connectivity index is 1.47. The number of hydrogen-bond donors (Lipinski definition) is 2. The Labute approximate surface area is 203 Å². The lowest BCUT2D eigenvalue weighted by atomic mass is 10.2. The SMILES string of the molecule is CCN(CC)c1ccc(-c2nnc(SCc3nc(N)nc(Nc4ccccc4C)n3)n2C)cc1. The Morgan fingerprint density at radius 3 is 2.41 bits per heavy atom. The molecular formula is C24H29N9S. The number of benzene rings is 2. The van der Waals surface area contributed by atoms with Gasteiger partial charge >= 0.3 is 0 Å². The fraction of sp³-hybridized carbons (Fsp3) is 0.292. The van der Waals surface area contributed by atoms with Gasteiger partial charge in [-0.1, -0.05) is 30.0 Å². The molecule has 0 aliphatic rings. The van der Waals surface area contributed by atoms with Gasteiger partial charge < -0.3 is 20.5 Å². The number of hydrogen-bond acceptors (Lipinski definition) is 9. The number of aromatic nitrogens is 6. The van der Waals surface area contributed by atoms with Crippen LogP contribution in [0.15, 0.2) is 53.7 Å². The number of thioether (sulfide) groups is 1. The lowest BCUT2D eigenvalue weighted by Gasteiger charge is -2.21. The van der Waals surface area contributed by atoms with Gasteiger partial charge in [0.25, 0.3) is 0 Å². The van der Waals surface area contributed by atoms with Crippen molar-refractivity contribution in [1.82, 2.24) is 29.7 Å². The van der Waals surface area contributed by atoms with Gasteiger partial charge in [0.1, 0.15) is 5.82 Å². The summed E-state index contributed by atoms with van der Waals surface area (Å²) in [5.41, 5.74) is 10.2. The maximum atomic E-state index is 5.94. The number of rotatable bonds is 9. The molecule has 2 heterocycles. The molecule has 2 aromatic heterocycles. The van der Waals surface area contributed by atoms with Gasteiger partial charge in [-0.15, -0.1) is 10.2 Å². The second kappa shape index (κ2) is 10.5. The summed E-state index contributed by atoms with van der Waals surface area (Å²) >= 11 is 1.50. The normalized spacial score (nSPS) is 10.9. The molecular weight excluding hydrogens is 446 g/mol. The average molecular weight is 476 g/mol. The first-order valence-corrected chi connectivity index (χ1v) is 12.2. The van der Waals surface area contributed by atoms with E-state index in [9.17, 15) is 0 Å². The third-order valence-corrected chi connectivity index (χ3v) is 6.53. The van der Waals surface area contributed by atoms with Gasteiger partial charge in [0.2, 0.25) is 11.9 Å². The molecule has 10 heteroatoms. The number of aryl methyl sites for hydroxylation is 1. The molecule has 176 valence electrons. The maximum absolute atomic E-state index is 5.94. The number of para-hydroxylation sites is 1. The molecule has 0 saturated carbocycles. The highest BCUT2D eigenvalue weighted by Gasteiger charge is 2.14. The Kier molecular flexibility index (Phi) is 7.27. The third kappa shape index (κ3) is 5.28. The minimum absolute atomic E-state index is 0.175. The molecule has 0 amide bonds. The third-order valence-electron chi connectivity index (χ3n) is 5.51. The van der Waals surface area contributed by atoms with Crippen LogP contribution in [0.3, 0.4) is 0 Å². The van der Waals surface area contributed by atoms with Gasteiger partial charge in [-0.05, 0) is 56.7 Å². The molecule has 0 aliphatic carbocycles. The van der Waals surface area contributed by atoms with Crippen LogP contribution in [0.4, 0.5) is 23.3 Å². The van der Waals surface area contributed by atoms with Crippen molar-refractivity contribution in [2.45, 2.75) is 31.7 Å². The summed E-state index contributed by atoms with van der Waals surface area (Å²) in [4.78, 5) is 15.3. The van der Waals surface area contributed by atoms with Gasteiger partial charge in [0, 0.05) is 37.1 Å². The van der Waals surface area contributed by atoms with Gasteiger partial charge in [-0.2, -0.15) is 15.0 Å². The fourth-order valence-corrected chi connectivity index (χ4v) is 4.39. The summed E-state index contributed by atoms with van der Waals surface area (Å²) in [6, 6.07) is 16.4. The molecule has 0 radical (unpaired) electrons. The highest BCUT2D eigenvalue weighted by molar-refractivity contribution is 7.98. The molecule has 34 heavy (non-hydrogen) atoms. The number of nitrogens with zero attached hydrogens (tertiary/aromatic N) is 7. The summed E-state index contributed by atoms with van der Waals surface area (Å²) in [6.45, 7) is 8.29. The van der Waals surface area contributed by atoms with E-state index >= 15 is 0 Å². The van der Waals surface area contributed by atoms with Crippen molar-refractivity contribution in [3.63, 3.8) is 0 Å². The smallest absolute Gasteiger partial charge is 0.232 e. The molecule has 0 bridgehead atoms. The van der Waals surface area contributed by atoms with Crippen molar-refractivity contribution in [2.24, 2.45) is 7.05 Å². The zero-order chi connectivity index (χ0) is 24.1. The van der Waals surface area contributed by atoms with Crippen LogP contribution in [0.2, 0.25) is 0 Å². The highest BCUT2D eigenvalue weighted by Crippen LogP contribution is 2.27. The van der Waals surface area contributed by atoms with E-state index in [4.69, 9.17) is 5.73 Å². The lowest BCUT2D eigenvalue weighted by molar-refractivity contribution is 0.792. The first-order chi connectivity index (χ1) is 16.5. The zero-order valence-electron chi connectivity index (χ0n) is 19.9. The summed E-state index contributed by atoms with van der Waals surface area (Å²) in [7, 11) is 1.96. The topological polar surface area (TPSA) is 111 Å². The van der Waals surface area contributed by atoms with Crippen LogP contribution in [-0.4, -0.2) is 42.8 Å². The second-order valence-corrected chi connectivity index (χ2v) is 8.69. The molecule has 0 aliphatic heterocycles. The first kappa shape index (κ1) is 23.5. The van der Waals surface area contributed by atoms with E-state index in [1.165, 1.54) is 17.4 Å². The second-order valence-electron chi connectivity index (χ2n) is 7.75. The van der Waals surface area contributed by atoms with Crippen LogP contribution in [0.25, 0.3) is 11.4 Å². The van der Waals surface area contributed by atoms with Crippen LogP contribution < -0.4 is 16.0 Å². The van der Waals surface area contributed by atoms with E-state index in [0.717, 1.165) is 40.9 Å². The largest absolute Gasteiger partial charge is 0.372 e. The molecule has 0 atom stereocenters. The average Bonchev–Trinajstić information content (AvgIpc) is 3.20. The molecule has 4 aromatic rings. The molecule has 4 rings (SSSR count). The van der Waals surface area contributed by atoms with Crippen LogP contribution in [-0.2, 0) is 12.8 Å². The van der Waals surface area contributed by atoms with Crippen LogP contribution in [0, 0.1) is 6.92 Å². The Morgan fingerprint density at radius 1 is 0.971 bits per heavy atom. The Hall–Kier alpha value is -3.66. The van der Waals surface area contributed by atoms with Crippen molar-refractivity contribution in [2.75, 3.05) is 29.0 Å². The molecule has 0 fully saturated rings. The van der Waals surface area contributed by atoms with Crippen molar-refractivity contribution in [3.05, 3.63) is 59.9 Å². The molecule has 2 aromatic carbocycles. The number of nitrogens with two attached hydrogens (primary N) is 1. The van der Waals surface area contributed by atoms with Crippen LogP contribution >= 0.6 is 11.8 Å². The lowest BCUT2D eigenvalue weighted by Crippen LogP contribution is -2.21. The van der Waals surface area contributed by atoms with Crippen LogP contribution in [0.1, 0.15) is 25.2 Å². The number of nitrogen functional groups attached to an aromatic ring is 1. The fourth-order valence-electron chi connectivity index (χ4n) is 3.62. The first-order valence-electron chi connectivity index (χ1n) is 11.2. The van der Waals surface area contributed by atoms with Gasteiger partial charge in [-0.3, -0.25) is 0 Å². The molecule has 9 nitrogen and oxygen atoms in total. The molecule has 0 unspecified atom stereocenters. The van der Waals surface area contributed by atoms with Crippen molar-refractivity contribution in [3.8, 4) is 11.4 Å². The minimum atomic E-state index is 0.175. The van der Waals surface area contributed by atoms with E-state index < -0.39 is 0 Å². The predicted molar refractivity (Wildman–Crippen MR) is 138 cm³/mol. The summed E-state index contributed by atoms with van der Waals surface area (Å²) in [6.07, 6.45) is 0. The van der Waals surface area contributed by atoms with Crippen molar-refractivity contribution in [1.29, 1.82) is 0 Å². The Bertz CT molecular complexity index is 1250. The van der Waals surface area contributed by atoms with E-state index in [1.807, 2.05) is 42.8 Å². The predicted octanol–water partition coefficient (Wildman–Crippen LogP) is 4.44. The van der Waals surface area contributed by atoms with Crippen molar-refractivity contribution >= 4 is 35.0 Å². The molecule has 3 N–H and O–H groups in total. The van der Waals surface area contributed by atoms with Gasteiger partial charge in [0.15, 0.2) is 11.0 Å². The van der Waals surface area contributed by atoms with E-state index in [2.05, 4.69) is 73.5 Å². The van der Waals surface area contributed by atoms with E-state index in [1.54, 1.807) is 0 Å². The quantitative estimate of drug-likeness (QED) is 0.339. The minimum Gasteiger partial charge on any atom is -0.372 e. The summed E-state index contributed by atoms with van der Waals surface area (Å²) in [5, 5.41) is 12.8. The van der Waals surface area contributed by atoms with E-state index in [0.29, 0.717) is 17.5 Å². The monoisotopic (exact) mass is 475 g/mol. The van der Waals surface area contributed by atoms with Gasteiger partial charge in [0.05, 0.1) is 5.75 Å². The number of nitrogens with one attached hydrogen (secondary N) is 1. The standard InChI is InChI=1S/C24H29N9S/c1-5-33(6-2)18-13-11-17(12-14-18)21-30-31-24(32(21)4)34-15-20-27-22(25)29-23(28-20)26-19-10-8-7-9-16(19)3/h7-14H,5-6,15H2,1-4H3,(H3,25,26,27,28,29). The summed E-state index contributed by atoms with van der Waals surface area (Å²) < 4.78 is 1.98. The molecule has 0 saturated heterocycles. The zero-order valence-corrected chi connectivity index (χ0v) is 20.7. The van der Waals surface area contributed by atoms with Crippen molar-refractivity contribution < 1.29 is 0 Å². The maximum Gasteiger partial charge on any atom is 0.232 e. The Morgan fingerprint density at radius 2 is 1.71 bits per heavy atom. The highest BCUT2D eigenvalue weighted by atomic mass is 32.2. The number of anilines is 4. The van der Waals surface area contributed by atoms with Gasteiger partial charge in [-0.25, -0.2) is 0 Å². The van der Waals surface area contributed by atoms with Crippen LogP contribution in [0.5, 0.6) is 0 Å². The van der Waals surface area contributed by atoms with E-state index in [-0.39, 0.29) is 5.95 Å².